The predicted octanol–water partition coefficient (Wildman–Crippen LogP) is 9.07. The summed E-state index contributed by atoms with van der Waals surface area (Å²) >= 11 is 0. The van der Waals surface area contributed by atoms with Crippen molar-refractivity contribution in [2.45, 2.75) is 91.2 Å². The van der Waals surface area contributed by atoms with Gasteiger partial charge in [0.2, 0.25) is 5.82 Å². The Hall–Kier alpha value is -5.41. The van der Waals surface area contributed by atoms with Crippen molar-refractivity contribution >= 4 is 40.5 Å². The maximum atomic E-state index is 15.6. The van der Waals surface area contributed by atoms with Gasteiger partial charge in [-0.1, -0.05) is 31.1 Å². The minimum atomic E-state index is -0.674. The molecule has 0 bridgehead atoms. The Morgan fingerprint density at radius 1 is 1.08 bits per heavy atom. The molecule has 0 aliphatic carbocycles. The van der Waals surface area contributed by atoms with Gasteiger partial charge in [0.1, 0.15) is 17.2 Å². The van der Waals surface area contributed by atoms with E-state index < -0.39 is 17.7 Å². The Bertz CT molecular complexity index is 2100. The molecule has 6 rings (SSSR count). The molecule has 0 fully saturated rings. The predicted molar refractivity (Wildman–Crippen MR) is 204 cm³/mol. The number of anilines is 2. The fraction of sp³-hybridized carbons (Fsp3) is 0.390. The SMILES string of the molecule is C=CCCCCCCC=Cc1cc(-n2nc3c(c2N2C=CN(c4ccc5c(cnn5C)c4)C2=C=O)[C@H](C)N(C(=O)OC(C)(C)C)CC3)cc(C)c1F. The van der Waals surface area contributed by atoms with Crippen LogP contribution in [0.25, 0.3) is 22.7 Å². The Morgan fingerprint density at radius 2 is 1.83 bits per heavy atom. The highest BCUT2D eigenvalue weighted by molar-refractivity contribution is 5.86. The number of aromatic nitrogens is 4. The summed E-state index contributed by atoms with van der Waals surface area (Å²) in [6, 6.07) is 8.97. The first kappa shape index (κ1) is 36.4. The second-order valence-corrected chi connectivity index (χ2v) is 14.5. The van der Waals surface area contributed by atoms with Gasteiger partial charge < -0.3 is 9.64 Å². The molecule has 0 N–H and O–H groups in total. The second kappa shape index (κ2) is 15.1. The average Bonchev–Trinajstić information content (AvgIpc) is 3.81. The third-order valence-corrected chi connectivity index (χ3v) is 9.56. The molecule has 2 aromatic heterocycles. The molecule has 4 heterocycles. The van der Waals surface area contributed by atoms with Gasteiger partial charge in [-0.05, 0) is 96.2 Å². The molecule has 52 heavy (non-hydrogen) atoms. The van der Waals surface area contributed by atoms with Gasteiger partial charge in [0.05, 0.1) is 29.1 Å². The van der Waals surface area contributed by atoms with Crippen molar-refractivity contribution < 1.29 is 18.7 Å². The standard InChI is InChI=1S/C41H48FN7O3/c1-8-9-10-11-12-13-14-15-16-30-24-33(23-28(2)38(30)42)49-39(37-29(3)46(20-19-34(37)44-49)40(51)52-41(4,5)6)48-22-21-47(36(48)27-50)32-17-18-35-31(25-32)26-43-45(35)7/h8,15-18,21-26,29H,1,9-14,19-20H2,2-7H3/t29-/m0/s1. The van der Waals surface area contributed by atoms with Crippen LogP contribution in [0, 0.1) is 12.7 Å². The van der Waals surface area contributed by atoms with Crippen LogP contribution in [0.1, 0.15) is 94.6 Å². The quantitative estimate of drug-likeness (QED) is 0.0874. The van der Waals surface area contributed by atoms with Crippen LogP contribution in [0.5, 0.6) is 0 Å². The van der Waals surface area contributed by atoms with E-state index in [-0.39, 0.29) is 11.6 Å². The summed E-state index contributed by atoms with van der Waals surface area (Å²) in [7, 11) is 1.88. The van der Waals surface area contributed by atoms with Gasteiger partial charge >= 0.3 is 6.09 Å². The summed E-state index contributed by atoms with van der Waals surface area (Å²) in [5.74, 6) is 2.67. The van der Waals surface area contributed by atoms with Crippen molar-refractivity contribution in [3.05, 3.63) is 102 Å². The normalized spacial score (nSPS) is 15.9. The van der Waals surface area contributed by atoms with Crippen molar-refractivity contribution in [2.75, 3.05) is 16.3 Å². The molecule has 0 saturated heterocycles. The number of hydrogen-bond donors (Lipinski definition) is 0. The number of halogens is 1. The molecule has 2 aliphatic heterocycles. The van der Waals surface area contributed by atoms with Crippen molar-refractivity contribution in [1.29, 1.82) is 0 Å². The molecule has 0 unspecified atom stereocenters. The van der Waals surface area contributed by atoms with Gasteiger partial charge in [-0.3, -0.25) is 14.5 Å². The lowest BCUT2D eigenvalue weighted by Crippen LogP contribution is -2.42. The number of fused-ring (bicyclic) bond motifs is 2. The molecule has 0 spiro atoms. The molecular weight excluding hydrogens is 657 g/mol. The number of allylic oxidation sites excluding steroid dienone is 2. The summed E-state index contributed by atoms with van der Waals surface area (Å²) in [6.07, 6.45) is 17.6. The smallest absolute Gasteiger partial charge is 0.410 e. The van der Waals surface area contributed by atoms with Crippen molar-refractivity contribution in [1.82, 2.24) is 24.5 Å². The summed E-state index contributed by atoms with van der Waals surface area (Å²) in [5, 5.41) is 10.4. The number of ether oxygens (including phenoxy) is 1. The molecule has 0 saturated carbocycles. The zero-order valence-corrected chi connectivity index (χ0v) is 31.0. The van der Waals surface area contributed by atoms with E-state index in [9.17, 15) is 9.59 Å². The lowest BCUT2D eigenvalue weighted by Gasteiger charge is -2.35. The van der Waals surface area contributed by atoms with E-state index in [0.717, 1.165) is 66.4 Å². The van der Waals surface area contributed by atoms with Gasteiger partial charge in [-0.2, -0.15) is 10.2 Å². The minimum Gasteiger partial charge on any atom is -0.444 e. The van der Waals surface area contributed by atoms with Gasteiger partial charge in [0, 0.05) is 54.6 Å². The van der Waals surface area contributed by atoms with E-state index in [1.165, 1.54) is 0 Å². The van der Waals surface area contributed by atoms with Crippen LogP contribution in [0.3, 0.4) is 0 Å². The number of unbranched alkanes of at least 4 members (excludes halogenated alkanes) is 5. The first-order valence-electron chi connectivity index (χ1n) is 18.0. The molecule has 11 heteroatoms. The van der Waals surface area contributed by atoms with Crippen molar-refractivity contribution in [3.63, 3.8) is 0 Å². The third kappa shape index (κ3) is 7.32. The highest BCUT2D eigenvalue weighted by Gasteiger charge is 2.39. The van der Waals surface area contributed by atoms with Gasteiger partial charge in [-0.15, -0.1) is 6.58 Å². The summed E-state index contributed by atoms with van der Waals surface area (Å²) in [5.41, 5.74) is 4.17. The van der Waals surface area contributed by atoms with Crippen LogP contribution in [0.2, 0.25) is 0 Å². The number of aryl methyl sites for hydroxylation is 2. The topological polar surface area (TPSA) is 88.7 Å². The zero-order chi connectivity index (χ0) is 37.2. The van der Waals surface area contributed by atoms with E-state index >= 15 is 4.39 Å². The Kier molecular flexibility index (Phi) is 10.5. The van der Waals surface area contributed by atoms with Crippen LogP contribution < -0.4 is 9.80 Å². The van der Waals surface area contributed by atoms with Crippen LogP contribution >= 0.6 is 0 Å². The van der Waals surface area contributed by atoms with E-state index in [2.05, 4.69) is 17.6 Å². The fourth-order valence-electron chi connectivity index (χ4n) is 6.94. The third-order valence-electron chi connectivity index (χ3n) is 9.56. The number of benzene rings is 2. The Morgan fingerprint density at radius 3 is 2.56 bits per heavy atom. The maximum Gasteiger partial charge on any atom is 0.410 e. The molecule has 2 aromatic carbocycles. The number of carbonyl (C=O) groups is 1. The van der Waals surface area contributed by atoms with E-state index in [1.54, 1.807) is 55.5 Å². The molecule has 10 nitrogen and oxygen atoms in total. The lowest BCUT2D eigenvalue weighted by atomic mass is 9.99. The maximum absolute atomic E-state index is 15.6. The number of carbonyl (C=O) groups excluding carboxylic acids is 2. The van der Waals surface area contributed by atoms with E-state index in [4.69, 9.17) is 9.84 Å². The lowest BCUT2D eigenvalue weighted by molar-refractivity contribution is 0.0160. The van der Waals surface area contributed by atoms with Gasteiger partial charge in [-0.25, -0.2) is 18.7 Å². The minimum absolute atomic E-state index is 0.223. The van der Waals surface area contributed by atoms with Crippen molar-refractivity contribution in [2.24, 2.45) is 7.05 Å². The Labute approximate surface area is 305 Å². The molecule has 272 valence electrons. The van der Waals surface area contributed by atoms with Crippen LogP contribution in [0.4, 0.5) is 20.7 Å². The second-order valence-electron chi connectivity index (χ2n) is 14.5. The average molecular weight is 706 g/mol. The van der Waals surface area contributed by atoms with Crippen LogP contribution in [0.15, 0.2) is 73.5 Å². The largest absolute Gasteiger partial charge is 0.444 e. The van der Waals surface area contributed by atoms with E-state index in [0.29, 0.717) is 35.6 Å². The number of hydrogen-bond acceptors (Lipinski definition) is 7. The molecule has 1 amide bonds. The highest BCUT2D eigenvalue weighted by atomic mass is 19.1. The summed E-state index contributed by atoms with van der Waals surface area (Å²) in [4.78, 5) is 31.6. The molecule has 4 aromatic rings. The first-order chi connectivity index (χ1) is 24.9. The Balaban J connectivity index is 1.40. The molecule has 2 aliphatic rings. The number of amides is 1. The monoisotopic (exact) mass is 705 g/mol. The number of nitrogens with zero attached hydrogens (tertiary/aromatic N) is 7. The van der Waals surface area contributed by atoms with Crippen LogP contribution in [-0.4, -0.2) is 48.6 Å². The van der Waals surface area contributed by atoms with E-state index in [1.807, 2.05) is 77.4 Å². The van der Waals surface area contributed by atoms with Gasteiger partial charge in [0.15, 0.2) is 5.94 Å². The molecule has 0 radical (unpaired) electrons. The number of rotatable bonds is 11. The zero-order valence-electron chi connectivity index (χ0n) is 31.0. The molecule has 1 atom stereocenters. The van der Waals surface area contributed by atoms with Gasteiger partial charge in [0.25, 0.3) is 0 Å². The molecular formula is C41H48FN7O3. The fourth-order valence-corrected chi connectivity index (χ4v) is 6.94. The summed E-state index contributed by atoms with van der Waals surface area (Å²) < 4.78 is 25.0. The van der Waals surface area contributed by atoms with Crippen molar-refractivity contribution in [3.8, 4) is 5.69 Å². The highest BCUT2D eigenvalue weighted by Crippen LogP contribution is 2.43. The van der Waals surface area contributed by atoms with Crippen LogP contribution in [-0.2, 0) is 23.0 Å². The first-order valence-corrected chi connectivity index (χ1v) is 18.0. The summed E-state index contributed by atoms with van der Waals surface area (Å²) in [6.45, 7) is 13.4.